The van der Waals surface area contributed by atoms with Crippen LogP contribution in [0.25, 0.3) is 21.5 Å². The predicted molar refractivity (Wildman–Crippen MR) is 98.7 cm³/mol. The zero-order chi connectivity index (χ0) is 17.1. The maximum atomic E-state index is 12.7. The fraction of sp³-hybridized carbons (Fsp3) is 0.222. The number of nitrogens with one attached hydrogen (secondary N) is 1. The molecule has 24 heavy (non-hydrogen) atoms. The lowest BCUT2D eigenvalue weighted by atomic mass is 10.1. The average molecular weight is 361 g/mol. The summed E-state index contributed by atoms with van der Waals surface area (Å²) in [5, 5.41) is 13.0. The number of hydrogen-bond donors (Lipinski definition) is 2. The Morgan fingerprint density at radius 1 is 1.33 bits per heavy atom. The minimum Gasteiger partial charge on any atom is -0.394 e. The van der Waals surface area contributed by atoms with Crippen LogP contribution in [0.5, 0.6) is 0 Å². The Hall–Kier alpha value is -1.95. The number of aliphatic hydroxyl groups is 1. The summed E-state index contributed by atoms with van der Waals surface area (Å²) in [5.41, 5.74) is 2.02. The number of carbonyl (C=O) groups excluding carboxylic acids is 1. The first-order valence-electron chi connectivity index (χ1n) is 7.69. The van der Waals surface area contributed by atoms with Gasteiger partial charge in [0, 0.05) is 5.39 Å². The Labute approximate surface area is 149 Å². The van der Waals surface area contributed by atoms with Crippen LogP contribution in [0.15, 0.2) is 42.5 Å². The van der Waals surface area contributed by atoms with Gasteiger partial charge in [0.1, 0.15) is 0 Å². The van der Waals surface area contributed by atoms with E-state index in [1.165, 1.54) is 11.3 Å². The Morgan fingerprint density at radius 2 is 2.12 bits per heavy atom. The zero-order valence-electron chi connectivity index (χ0n) is 13.1. The number of halogens is 1. The standard InChI is InChI=1S/C18H17ClN2O2S/c1-2-11(10-22)20-18(23)13-9-15(16-7-8-17(19)24-16)21-14-6-4-3-5-12(13)14/h3-9,11,22H,2,10H2,1H3,(H,20,23). The minimum atomic E-state index is -0.260. The number of thiophene rings is 1. The largest absolute Gasteiger partial charge is 0.394 e. The summed E-state index contributed by atoms with van der Waals surface area (Å²) in [5.74, 6) is -0.210. The molecular formula is C18H17ClN2O2S. The number of nitrogens with zero attached hydrogens (tertiary/aromatic N) is 1. The van der Waals surface area contributed by atoms with Crippen molar-refractivity contribution < 1.29 is 9.90 Å². The summed E-state index contributed by atoms with van der Waals surface area (Å²) in [4.78, 5) is 18.3. The molecule has 3 rings (SSSR count). The van der Waals surface area contributed by atoms with E-state index >= 15 is 0 Å². The van der Waals surface area contributed by atoms with Gasteiger partial charge in [-0.1, -0.05) is 36.7 Å². The molecule has 0 radical (unpaired) electrons. The maximum absolute atomic E-state index is 12.7. The molecule has 4 nitrogen and oxygen atoms in total. The van der Waals surface area contributed by atoms with Crippen molar-refractivity contribution >= 4 is 39.7 Å². The first-order valence-corrected chi connectivity index (χ1v) is 8.89. The van der Waals surface area contributed by atoms with Crippen molar-refractivity contribution in [3.05, 3.63) is 52.4 Å². The van der Waals surface area contributed by atoms with Crippen LogP contribution in [0.3, 0.4) is 0 Å². The third-order valence-corrected chi connectivity index (χ3v) is 5.09. The Bertz CT molecular complexity index is 874. The molecule has 2 aromatic heterocycles. The van der Waals surface area contributed by atoms with Crippen LogP contribution >= 0.6 is 22.9 Å². The number of fused-ring (bicyclic) bond motifs is 1. The van der Waals surface area contributed by atoms with Gasteiger partial charge in [-0.3, -0.25) is 4.79 Å². The summed E-state index contributed by atoms with van der Waals surface area (Å²) in [6, 6.07) is 12.8. The molecule has 1 amide bonds. The summed E-state index contributed by atoms with van der Waals surface area (Å²) in [6.45, 7) is 1.84. The lowest BCUT2D eigenvalue weighted by molar-refractivity contribution is 0.0916. The van der Waals surface area contributed by atoms with Crippen molar-refractivity contribution in [1.82, 2.24) is 10.3 Å². The summed E-state index contributed by atoms with van der Waals surface area (Å²) >= 11 is 7.44. The molecule has 0 fully saturated rings. The smallest absolute Gasteiger partial charge is 0.252 e. The highest BCUT2D eigenvalue weighted by atomic mass is 35.5. The van der Waals surface area contributed by atoms with Crippen LogP contribution in [0.2, 0.25) is 4.34 Å². The molecular weight excluding hydrogens is 344 g/mol. The second kappa shape index (κ2) is 7.30. The number of aliphatic hydroxyl groups excluding tert-OH is 1. The highest BCUT2D eigenvalue weighted by Crippen LogP contribution is 2.32. The van der Waals surface area contributed by atoms with Gasteiger partial charge in [-0.05, 0) is 30.7 Å². The van der Waals surface area contributed by atoms with Crippen molar-refractivity contribution in [3.63, 3.8) is 0 Å². The van der Waals surface area contributed by atoms with Crippen molar-refractivity contribution in [3.8, 4) is 10.6 Å². The van der Waals surface area contributed by atoms with Crippen LogP contribution in [0, 0.1) is 0 Å². The normalized spacial score (nSPS) is 12.3. The van der Waals surface area contributed by atoms with Crippen LogP contribution in [0.1, 0.15) is 23.7 Å². The maximum Gasteiger partial charge on any atom is 0.252 e. The van der Waals surface area contributed by atoms with Crippen LogP contribution in [-0.2, 0) is 0 Å². The van der Waals surface area contributed by atoms with E-state index < -0.39 is 0 Å². The molecule has 1 atom stereocenters. The molecule has 1 unspecified atom stereocenters. The first-order chi connectivity index (χ1) is 11.6. The molecule has 2 N–H and O–H groups in total. The number of aromatic nitrogens is 1. The number of para-hydroxylation sites is 1. The van der Waals surface area contributed by atoms with Crippen molar-refractivity contribution in [1.29, 1.82) is 0 Å². The second-order valence-electron chi connectivity index (χ2n) is 5.44. The van der Waals surface area contributed by atoms with Crippen LogP contribution < -0.4 is 5.32 Å². The van der Waals surface area contributed by atoms with Gasteiger partial charge in [-0.2, -0.15) is 0 Å². The van der Waals surface area contributed by atoms with Crippen molar-refractivity contribution in [2.75, 3.05) is 6.61 Å². The molecule has 0 spiro atoms. The lowest BCUT2D eigenvalue weighted by Gasteiger charge is -2.15. The van der Waals surface area contributed by atoms with Gasteiger partial charge < -0.3 is 10.4 Å². The Balaban J connectivity index is 2.09. The summed E-state index contributed by atoms with van der Waals surface area (Å²) in [7, 11) is 0. The highest BCUT2D eigenvalue weighted by molar-refractivity contribution is 7.19. The van der Waals surface area contributed by atoms with E-state index in [0.717, 1.165) is 15.8 Å². The molecule has 6 heteroatoms. The van der Waals surface area contributed by atoms with E-state index in [1.54, 1.807) is 6.07 Å². The monoisotopic (exact) mass is 360 g/mol. The van der Waals surface area contributed by atoms with Gasteiger partial charge in [0.25, 0.3) is 5.91 Å². The van der Waals surface area contributed by atoms with E-state index in [0.29, 0.717) is 22.0 Å². The van der Waals surface area contributed by atoms with Crippen molar-refractivity contribution in [2.45, 2.75) is 19.4 Å². The van der Waals surface area contributed by atoms with E-state index in [2.05, 4.69) is 10.3 Å². The number of amides is 1. The fourth-order valence-electron chi connectivity index (χ4n) is 2.48. The third-order valence-electron chi connectivity index (χ3n) is 3.83. The number of hydrogen-bond acceptors (Lipinski definition) is 4. The van der Waals surface area contributed by atoms with Gasteiger partial charge >= 0.3 is 0 Å². The van der Waals surface area contributed by atoms with E-state index in [-0.39, 0.29) is 18.6 Å². The molecule has 3 aromatic rings. The Morgan fingerprint density at radius 3 is 2.79 bits per heavy atom. The summed E-state index contributed by atoms with van der Waals surface area (Å²) < 4.78 is 0.678. The predicted octanol–water partition coefficient (Wildman–Crippen LogP) is 4.12. The lowest BCUT2D eigenvalue weighted by Crippen LogP contribution is -2.37. The Kier molecular flexibility index (Phi) is 5.14. The molecule has 0 saturated carbocycles. The number of benzene rings is 1. The summed E-state index contributed by atoms with van der Waals surface area (Å²) in [6.07, 6.45) is 0.665. The van der Waals surface area contributed by atoms with Gasteiger partial charge in [0.15, 0.2) is 0 Å². The zero-order valence-corrected chi connectivity index (χ0v) is 14.7. The molecule has 0 aliphatic heterocycles. The van der Waals surface area contributed by atoms with Gasteiger partial charge in [-0.25, -0.2) is 4.98 Å². The molecule has 2 heterocycles. The fourth-order valence-corrected chi connectivity index (χ4v) is 3.49. The molecule has 0 bridgehead atoms. The van der Waals surface area contributed by atoms with Gasteiger partial charge in [0.2, 0.25) is 0 Å². The second-order valence-corrected chi connectivity index (χ2v) is 7.15. The SMILES string of the molecule is CCC(CO)NC(=O)c1cc(-c2ccc(Cl)s2)nc2ccccc12. The molecule has 124 valence electrons. The van der Waals surface area contributed by atoms with Crippen molar-refractivity contribution in [2.24, 2.45) is 0 Å². The minimum absolute atomic E-state index is 0.0847. The van der Waals surface area contributed by atoms with Gasteiger partial charge in [-0.15, -0.1) is 11.3 Å². The van der Waals surface area contributed by atoms with Crippen LogP contribution in [-0.4, -0.2) is 28.6 Å². The number of pyridine rings is 1. The third kappa shape index (κ3) is 3.43. The highest BCUT2D eigenvalue weighted by Gasteiger charge is 2.17. The quantitative estimate of drug-likeness (QED) is 0.719. The molecule has 0 saturated heterocycles. The van der Waals surface area contributed by atoms with E-state index in [9.17, 15) is 9.90 Å². The van der Waals surface area contributed by atoms with E-state index in [1.807, 2.05) is 43.3 Å². The molecule has 1 aromatic carbocycles. The number of carbonyl (C=O) groups is 1. The van der Waals surface area contributed by atoms with Gasteiger partial charge in [0.05, 0.1) is 38.6 Å². The topological polar surface area (TPSA) is 62.2 Å². The first kappa shape index (κ1) is 16.9. The van der Waals surface area contributed by atoms with Crippen LogP contribution in [0.4, 0.5) is 0 Å². The molecule has 0 aliphatic carbocycles. The average Bonchev–Trinajstić information content (AvgIpc) is 3.05. The van der Waals surface area contributed by atoms with E-state index in [4.69, 9.17) is 11.6 Å². The number of rotatable bonds is 5. The molecule has 0 aliphatic rings.